The summed E-state index contributed by atoms with van der Waals surface area (Å²) >= 11 is 6.51. The number of sulfone groups is 1. The van der Waals surface area contributed by atoms with Gasteiger partial charge in [-0.3, -0.25) is 9.59 Å². The molecule has 5 rings (SSSR count). The lowest BCUT2D eigenvalue weighted by Gasteiger charge is -2.35. The number of amides is 2. The van der Waals surface area contributed by atoms with Crippen LogP contribution >= 0.6 is 11.6 Å². The highest BCUT2D eigenvalue weighted by molar-refractivity contribution is 7.92. The average Bonchev–Trinajstić information content (AvgIpc) is 3.75. The zero-order valence-corrected chi connectivity index (χ0v) is 19.6. The number of rotatable bonds is 5. The van der Waals surface area contributed by atoms with Crippen molar-refractivity contribution < 1.29 is 23.1 Å². The molecule has 1 heterocycles. The quantitative estimate of drug-likeness (QED) is 0.698. The molecule has 1 saturated heterocycles. The second-order valence-electron chi connectivity index (χ2n) is 9.08. The van der Waals surface area contributed by atoms with Crippen molar-refractivity contribution in [2.45, 2.75) is 41.4 Å². The minimum atomic E-state index is -3.31. The van der Waals surface area contributed by atoms with Crippen LogP contribution in [0.4, 0.5) is 0 Å². The molecule has 0 aromatic heterocycles. The fourth-order valence-corrected chi connectivity index (χ4v) is 6.21. The van der Waals surface area contributed by atoms with E-state index in [0.717, 1.165) is 0 Å². The van der Waals surface area contributed by atoms with E-state index in [9.17, 15) is 23.1 Å². The van der Waals surface area contributed by atoms with Gasteiger partial charge in [0.25, 0.3) is 11.8 Å². The molecule has 3 aliphatic rings. The molecule has 7 nitrogen and oxygen atoms in total. The SMILES string of the molecule is O=C(c1ccc(-c2cccc(S(=O)(=O)C3CC3)c2)c(Cl)c1)N1CCN(C(=O)C2(O)CC2)CC1. The summed E-state index contributed by atoms with van der Waals surface area (Å²) in [5, 5.41) is 10.1. The molecule has 0 unspecified atom stereocenters. The Morgan fingerprint density at radius 1 is 0.970 bits per heavy atom. The van der Waals surface area contributed by atoms with Gasteiger partial charge in [-0.05, 0) is 55.5 Å². The molecule has 1 aliphatic heterocycles. The first-order valence-electron chi connectivity index (χ1n) is 11.1. The molecule has 174 valence electrons. The number of nitrogens with zero attached hydrogens (tertiary/aromatic N) is 2. The fourth-order valence-electron chi connectivity index (χ4n) is 4.22. The molecular formula is C24H25ClN2O5S. The van der Waals surface area contributed by atoms with Crippen molar-refractivity contribution in [2.24, 2.45) is 0 Å². The molecule has 9 heteroatoms. The summed E-state index contributed by atoms with van der Waals surface area (Å²) in [5.74, 6) is -0.418. The molecule has 0 atom stereocenters. The van der Waals surface area contributed by atoms with Gasteiger partial charge in [0, 0.05) is 42.3 Å². The van der Waals surface area contributed by atoms with E-state index in [1.165, 1.54) is 0 Å². The highest BCUT2D eigenvalue weighted by Crippen LogP contribution is 2.38. The zero-order chi connectivity index (χ0) is 23.4. The number of hydrogen-bond donors (Lipinski definition) is 1. The van der Waals surface area contributed by atoms with E-state index < -0.39 is 15.4 Å². The highest BCUT2D eigenvalue weighted by Gasteiger charge is 2.50. The maximum Gasteiger partial charge on any atom is 0.254 e. The topological polar surface area (TPSA) is 95.0 Å². The van der Waals surface area contributed by atoms with E-state index in [4.69, 9.17) is 11.6 Å². The summed E-state index contributed by atoms with van der Waals surface area (Å²) in [4.78, 5) is 28.9. The molecule has 0 spiro atoms. The van der Waals surface area contributed by atoms with Gasteiger partial charge in [0.05, 0.1) is 10.1 Å². The van der Waals surface area contributed by atoms with E-state index in [0.29, 0.717) is 78.5 Å². The van der Waals surface area contributed by atoms with Gasteiger partial charge in [-0.25, -0.2) is 8.42 Å². The van der Waals surface area contributed by atoms with Gasteiger partial charge < -0.3 is 14.9 Å². The molecule has 1 N–H and O–H groups in total. The first-order valence-corrected chi connectivity index (χ1v) is 13.1. The van der Waals surface area contributed by atoms with Crippen LogP contribution < -0.4 is 0 Å². The molecule has 2 aromatic rings. The number of carbonyl (C=O) groups is 2. The first-order chi connectivity index (χ1) is 15.7. The molecule has 33 heavy (non-hydrogen) atoms. The van der Waals surface area contributed by atoms with Gasteiger partial charge in [-0.1, -0.05) is 29.8 Å². The number of carbonyl (C=O) groups excluding carboxylic acids is 2. The molecule has 0 radical (unpaired) electrons. The summed E-state index contributed by atoms with van der Waals surface area (Å²) in [6.45, 7) is 1.56. The van der Waals surface area contributed by atoms with Crippen molar-refractivity contribution in [1.29, 1.82) is 0 Å². The van der Waals surface area contributed by atoms with Gasteiger partial charge >= 0.3 is 0 Å². The van der Waals surface area contributed by atoms with Crippen molar-refractivity contribution in [3.8, 4) is 11.1 Å². The van der Waals surface area contributed by atoms with Crippen LogP contribution in [-0.4, -0.2) is 72.2 Å². The minimum absolute atomic E-state index is 0.175. The largest absolute Gasteiger partial charge is 0.380 e. The second kappa shape index (κ2) is 8.11. The first kappa shape index (κ1) is 22.4. The Balaban J connectivity index is 1.29. The van der Waals surface area contributed by atoms with Crippen LogP contribution in [0.1, 0.15) is 36.0 Å². The second-order valence-corrected chi connectivity index (χ2v) is 11.7. The smallest absolute Gasteiger partial charge is 0.254 e. The van der Waals surface area contributed by atoms with E-state index in [1.807, 2.05) is 0 Å². The molecule has 2 saturated carbocycles. The van der Waals surface area contributed by atoms with Crippen LogP contribution in [0, 0.1) is 0 Å². The van der Waals surface area contributed by atoms with Crippen molar-refractivity contribution in [2.75, 3.05) is 26.2 Å². The third-order valence-corrected chi connectivity index (χ3v) is 9.20. The number of aliphatic hydroxyl groups is 1. The number of piperazine rings is 1. The molecule has 3 fully saturated rings. The Bertz CT molecular complexity index is 1230. The normalized spacial score (nSPS) is 19.9. The van der Waals surface area contributed by atoms with E-state index in [1.54, 1.807) is 52.3 Å². The van der Waals surface area contributed by atoms with Gasteiger partial charge in [0.15, 0.2) is 9.84 Å². The number of halogens is 1. The average molecular weight is 489 g/mol. The summed E-state index contributed by atoms with van der Waals surface area (Å²) in [5.41, 5.74) is 0.594. The van der Waals surface area contributed by atoms with Crippen LogP contribution in [0.25, 0.3) is 11.1 Å². The van der Waals surface area contributed by atoms with E-state index in [2.05, 4.69) is 0 Å². The summed E-state index contributed by atoms with van der Waals surface area (Å²) in [6, 6.07) is 11.8. The maximum atomic E-state index is 13.0. The van der Waals surface area contributed by atoms with Crippen LogP contribution in [0.2, 0.25) is 5.02 Å². The van der Waals surface area contributed by atoms with E-state index >= 15 is 0 Å². The Labute approximate surface area is 197 Å². The summed E-state index contributed by atoms with van der Waals surface area (Å²) < 4.78 is 25.2. The Kier molecular flexibility index (Phi) is 5.50. The van der Waals surface area contributed by atoms with Gasteiger partial charge in [-0.2, -0.15) is 0 Å². The van der Waals surface area contributed by atoms with Gasteiger partial charge in [0.1, 0.15) is 5.60 Å². The third kappa shape index (κ3) is 4.27. The monoisotopic (exact) mass is 488 g/mol. The van der Waals surface area contributed by atoms with Gasteiger partial charge in [-0.15, -0.1) is 0 Å². The van der Waals surface area contributed by atoms with Crippen LogP contribution in [-0.2, 0) is 14.6 Å². The molecule has 2 aromatic carbocycles. The van der Waals surface area contributed by atoms with Crippen LogP contribution in [0.3, 0.4) is 0 Å². The predicted octanol–water partition coefficient (Wildman–Crippen LogP) is 2.75. The Morgan fingerprint density at radius 3 is 2.24 bits per heavy atom. The lowest BCUT2D eigenvalue weighted by Crippen LogP contribution is -2.53. The minimum Gasteiger partial charge on any atom is -0.380 e. The van der Waals surface area contributed by atoms with Crippen molar-refractivity contribution >= 4 is 33.3 Å². The lowest BCUT2D eigenvalue weighted by atomic mass is 10.0. The Hall–Kier alpha value is -2.42. The summed E-state index contributed by atoms with van der Waals surface area (Å²) in [7, 11) is -3.31. The van der Waals surface area contributed by atoms with E-state index in [-0.39, 0.29) is 17.1 Å². The fraction of sp³-hybridized carbons (Fsp3) is 0.417. The molecule has 2 amide bonds. The predicted molar refractivity (Wildman–Crippen MR) is 124 cm³/mol. The molecule has 2 aliphatic carbocycles. The molecular weight excluding hydrogens is 464 g/mol. The number of hydrogen-bond acceptors (Lipinski definition) is 5. The standard InChI is InChI=1S/C24H25ClN2O5S/c25-21-15-17(22(28)26-10-12-27(13-11-26)23(29)24(30)8-9-24)4-7-20(21)16-2-1-3-19(14-16)33(31,32)18-5-6-18/h1-4,7,14-15,18,30H,5-6,8-13H2. The van der Waals surface area contributed by atoms with Gasteiger partial charge in [0.2, 0.25) is 0 Å². The van der Waals surface area contributed by atoms with Crippen LogP contribution in [0.5, 0.6) is 0 Å². The Morgan fingerprint density at radius 2 is 1.64 bits per heavy atom. The van der Waals surface area contributed by atoms with Crippen molar-refractivity contribution in [3.05, 3.63) is 53.1 Å². The van der Waals surface area contributed by atoms with Crippen LogP contribution in [0.15, 0.2) is 47.4 Å². The zero-order valence-electron chi connectivity index (χ0n) is 18.0. The van der Waals surface area contributed by atoms with Crippen molar-refractivity contribution in [3.63, 3.8) is 0 Å². The van der Waals surface area contributed by atoms with Crippen molar-refractivity contribution in [1.82, 2.24) is 9.80 Å². The highest BCUT2D eigenvalue weighted by atomic mass is 35.5. The summed E-state index contributed by atoms with van der Waals surface area (Å²) in [6.07, 6.45) is 2.41. The maximum absolute atomic E-state index is 13.0. The lowest BCUT2D eigenvalue weighted by molar-refractivity contribution is -0.143. The number of benzene rings is 2. The molecule has 0 bridgehead atoms. The third-order valence-electron chi connectivity index (χ3n) is 6.63.